The predicted molar refractivity (Wildman–Crippen MR) is 86.3 cm³/mol. The number of carbonyl (C=O) groups is 3. The van der Waals surface area contributed by atoms with Gasteiger partial charge in [-0.2, -0.15) is 0 Å². The number of imide groups is 1. The van der Waals surface area contributed by atoms with Crippen LogP contribution >= 0.6 is 11.8 Å². The minimum absolute atomic E-state index is 0.0592. The van der Waals surface area contributed by atoms with Crippen molar-refractivity contribution in [2.45, 2.75) is 26.4 Å². The number of nitrogens with two attached hydrogens (primary N) is 1. The number of carbonyl (C=O) groups excluding carboxylic acids is 3. The first-order chi connectivity index (χ1) is 10.4. The molecule has 1 aliphatic heterocycles. The second-order valence-electron chi connectivity index (χ2n) is 5.49. The van der Waals surface area contributed by atoms with Crippen LogP contribution < -0.4 is 11.1 Å². The Morgan fingerprint density at radius 1 is 1.32 bits per heavy atom. The van der Waals surface area contributed by atoms with Crippen molar-refractivity contribution in [3.05, 3.63) is 29.8 Å². The van der Waals surface area contributed by atoms with E-state index in [-0.39, 0.29) is 35.3 Å². The fourth-order valence-electron chi connectivity index (χ4n) is 1.94. The molecule has 0 aliphatic carbocycles. The summed E-state index contributed by atoms with van der Waals surface area (Å²) >= 11 is 1.02. The third-order valence-electron chi connectivity index (χ3n) is 3.42. The molecule has 3 N–H and O–H groups in total. The van der Waals surface area contributed by atoms with Crippen LogP contribution in [0.4, 0.5) is 10.5 Å². The minimum Gasteiger partial charge on any atom is -0.325 e. The SMILES string of the molecule is CC(C)[C@H](N)C(=O)Nc1ccc(CN2C(=O)CSC2=O)cc1. The Kier molecular flexibility index (Phi) is 5.20. The molecule has 0 spiro atoms. The van der Waals surface area contributed by atoms with E-state index in [1.807, 2.05) is 13.8 Å². The first-order valence-corrected chi connectivity index (χ1v) is 7.99. The molecule has 1 aromatic carbocycles. The van der Waals surface area contributed by atoms with Crippen LogP contribution in [0.3, 0.4) is 0 Å². The van der Waals surface area contributed by atoms with Crippen LogP contribution in [0.25, 0.3) is 0 Å². The summed E-state index contributed by atoms with van der Waals surface area (Å²) in [5.74, 6) is -0.136. The highest BCUT2D eigenvalue weighted by Gasteiger charge is 2.29. The molecule has 0 bridgehead atoms. The molecule has 6 nitrogen and oxygen atoms in total. The van der Waals surface area contributed by atoms with E-state index in [9.17, 15) is 14.4 Å². The molecule has 1 aromatic rings. The molecule has 1 heterocycles. The van der Waals surface area contributed by atoms with Crippen LogP contribution in [0.15, 0.2) is 24.3 Å². The van der Waals surface area contributed by atoms with Gasteiger partial charge < -0.3 is 11.1 Å². The average Bonchev–Trinajstić information content (AvgIpc) is 2.80. The van der Waals surface area contributed by atoms with E-state index in [1.54, 1.807) is 24.3 Å². The summed E-state index contributed by atoms with van der Waals surface area (Å²) in [5.41, 5.74) is 7.25. The van der Waals surface area contributed by atoms with Gasteiger partial charge in [0.2, 0.25) is 11.8 Å². The van der Waals surface area contributed by atoms with Crippen molar-refractivity contribution < 1.29 is 14.4 Å². The molecule has 1 atom stereocenters. The van der Waals surface area contributed by atoms with Crippen molar-refractivity contribution in [2.75, 3.05) is 11.1 Å². The Morgan fingerprint density at radius 2 is 1.95 bits per heavy atom. The predicted octanol–water partition coefficient (Wildman–Crippen LogP) is 1.80. The number of hydrogen-bond donors (Lipinski definition) is 2. The van der Waals surface area contributed by atoms with Gasteiger partial charge in [0, 0.05) is 5.69 Å². The molecule has 0 unspecified atom stereocenters. The van der Waals surface area contributed by atoms with Crippen molar-refractivity contribution in [3.8, 4) is 0 Å². The maximum Gasteiger partial charge on any atom is 0.289 e. The number of nitrogens with zero attached hydrogens (tertiary/aromatic N) is 1. The summed E-state index contributed by atoms with van der Waals surface area (Å²) in [7, 11) is 0. The summed E-state index contributed by atoms with van der Waals surface area (Å²) in [6.07, 6.45) is 0. The number of rotatable bonds is 5. The van der Waals surface area contributed by atoms with Gasteiger partial charge in [0.25, 0.3) is 5.24 Å². The molecular formula is C15H19N3O3S. The normalized spacial score (nSPS) is 16.3. The number of anilines is 1. The van der Waals surface area contributed by atoms with Gasteiger partial charge in [0.05, 0.1) is 18.3 Å². The van der Waals surface area contributed by atoms with Crippen LogP contribution in [-0.2, 0) is 16.1 Å². The fraction of sp³-hybridized carbons (Fsp3) is 0.400. The molecule has 2 rings (SSSR count). The number of thioether (sulfide) groups is 1. The Hall–Kier alpha value is -1.86. The van der Waals surface area contributed by atoms with Gasteiger partial charge >= 0.3 is 0 Å². The summed E-state index contributed by atoms with van der Waals surface area (Å²) in [5, 5.41) is 2.53. The Bertz CT molecular complexity index is 570. The van der Waals surface area contributed by atoms with Crippen molar-refractivity contribution >= 4 is 34.5 Å². The highest BCUT2D eigenvalue weighted by molar-refractivity contribution is 8.14. The van der Waals surface area contributed by atoms with Crippen molar-refractivity contribution in [2.24, 2.45) is 11.7 Å². The van der Waals surface area contributed by atoms with Crippen molar-refractivity contribution in [3.63, 3.8) is 0 Å². The third kappa shape index (κ3) is 3.86. The van der Waals surface area contributed by atoms with Crippen LogP contribution in [0.5, 0.6) is 0 Å². The minimum atomic E-state index is -0.559. The van der Waals surface area contributed by atoms with E-state index in [2.05, 4.69) is 5.32 Å². The molecule has 1 saturated heterocycles. The number of hydrogen-bond acceptors (Lipinski definition) is 5. The largest absolute Gasteiger partial charge is 0.325 e. The first-order valence-electron chi connectivity index (χ1n) is 7.01. The molecular weight excluding hydrogens is 302 g/mol. The summed E-state index contributed by atoms with van der Waals surface area (Å²) in [4.78, 5) is 36.2. The summed E-state index contributed by atoms with van der Waals surface area (Å²) < 4.78 is 0. The zero-order valence-corrected chi connectivity index (χ0v) is 13.4. The summed E-state index contributed by atoms with van der Waals surface area (Å²) in [6, 6.07) is 6.47. The standard InChI is InChI=1S/C15H19N3O3S/c1-9(2)13(16)14(20)17-11-5-3-10(4-6-11)7-18-12(19)8-22-15(18)21/h3-6,9,13H,7-8,16H2,1-2H3,(H,17,20)/t13-/m0/s1. The Balaban J connectivity index is 1.97. The van der Waals surface area contributed by atoms with Gasteiger partial charge in [-0.25, -0.2) is 0 Å². The van der Waals surface area contributed by atoms with Crippen molar-refractivity contribution in [1.29, 1.82) is 0 Å². The lowest BCUT2D eigenvalue weighted by atomic mass is 10.0. The molecule has 0 radical (unpaired) electrons. The van der Waals surface area contributed by atoms with E-state index in [4.69, 9.17) is 5.73 Å². The topological polar surface area (TPSA) is 92.5 Å². The number of benzene rings is 1. The lowest BCUT2D eigenvalue weighted by Gasteiger charge is -2.16. The van der Waals surface area contributed by atoms with E-state index in [0.29, 0.717) is 5.69 Å². The number of amides is 3. The second kappa shape index (κ2) is 6.93. The van der Waals surface area contributed by atoms with Crippen molar-refractivity contribution in [1.82, 2.24) is 4.90 Å². The van der Waals surface area contributed by atoms with Gasteiger partial charge in [-0.05, 0) is 23.6 Å². The monoisotopic (exact) mass is 321 g/mol. The van der Waals surface area contributed by atoms with E-state index >= 15 is 0 Å². The van der Waals surface area contributed by atoms with Gasteiger partial charge in [-0.15, -0.1) is 0 Å². The van der Waals surface area contributed by atoms with E-state index in [0.717, 1.165) is 17.3 Å². The molecule has 1 fully saturated rings. The lowest BCUT2D eigenvalue weighted by Crippen LogP contribution is -2.39. The van der Waals surface area contributed by atoms with E-state index < -0.39 is 6.04 Å². The van der Waals surface area contributed by atoms with Crippen LogP contribution in [-0.4, -0.2) is 33.7 Å². The van der Waals surface area contributed by atoms with Gasteiger partial charge in [0.15, 0.2) is 0 Å². The Morgan fingerprint density at radius 3 is 2.45 bits per heavy atom. The first kappa shape index (κ1) is 16.5. The van der Waals surface area contributed by atoms with Gasteiger partial charge in [-0.1, -0.05) is 37.7 Å². The summed E-state index contributed by atoms with van der Waals surface area (Å²) in [6.45, 7) is 4.02. The molecule has 1 aliphatic rings. The van der Waals surface area contributed by atoms with Crippen LogP contribution in [0, 0.1) is 5.92 Å². The molecule has 0 saturated carbocycles. The highest BCUT2D eigenvalue weighted by Crippen LogP contribution is 2.21. The maximum atomic E-state index is 11.9. The number of nitrogens with one attached hydrogen (secondary N) is 1. The molecule has 0 aromatic heterocycles. The molecule has 3 amide bonds. The van der Waals surface area contributed by atoms with Crippen LogP contribution in [0.1, 0.15) is 19.4 Å². The second-order valence-corrected chi connectivity index (χ2v) is 6.42. The van der Waals surface area contributed by atoms with Gasteiger partial charge in [-0.3, -0.25) is 19.3 Å². The zero-order chi connectivity index (χ0) is 16.3. The zero-order valence-electron chi connectivity index (χ0n) is 12.5. The Labute approximate surface area is 133 Å². The molecule has 22 heavy (non-hydrogen) atoms. The van der Waals surface area contributed by atoms with E-state index in [1.165, 1.54) is 4.90 Å². The smallest absolute Gasteiger partial charge is 0.289 e. The quantitative estimate of drug-likeness (QED) is 0.863. The van der Waals surface area contributed by atoms with Gasteiger partial charge in [0.1, 0.15) is 0 Å². The fourth-order valence-corrected chi connectivity index (χ4v) is 2.66. The third-order valence-corrected chi connectivity index (χ3v) is 4.28. The molecule has 7 heteroatoms. The van der Waals surface area contributed by atoms with Crippen LogP contribution in [0.2, 0.25) is 0 Å². The highest BCUT2D eigenvalue weighted by atomic mass is 32.2. The average molecular weight is 321 g/mol. The maximum absolute atomic E-state index is 11.9. The lowest BCUT2D eigenvalue weighted by molar-refractivity contribution is -0.125. The molecule has 118 valence electrons.